The molecule has 0 aromatic heterocycles. The van der Waals surface area contributed by atoms with Gasteiger partial charge in [0, 0.05) is 23.9 Å². The first kappa shape index (κ1) is 20.9. The number of hydrogen-bond acceptors (Lipinski definition) is 5. The van der Waals surface area contributed by atoms with E-state index in [4.69, 9.17) is 5.11 Å². The van der Waals surface area contributed by atoms with E-state index in [2.05, 4.69) is 10.6 Å². The summed E-state index contributed by atoms with van der Waals surface area (Å²) in [7, 11) is -2.74. The predicted molar refractivity (Wildman–Crippen MR) is 93.7 cm³/mol. The highest BCUT2D eigenvalue weighted by atomic mass is 31.1. The van der Waals surface area contributed by atoms with Crippen LogP contribution in [0, 0.1) is 5.82 Å². The third-order valence-electron chi connectivity index (χ3n) is 2.94. The number of likely N-dealkylation sites (N-methyl/N-ethyl adjacent to an activating group) is 1. The molecule has 2 aromatic rings. The lowest BCUT2D eigenvalue weighted by Gasteiger charge is -2.05. The summed E-state index contributed by atoms with van der Waals surface area (Å²) in [5.41, 5.74) is 0.503. The van der Waals surface area contributed by atoms with Gasteiger partial charge in [-0.05, 0) is 36.9 Å². The number of nitrogens with one attached hydrogen (secondary N) is 2. The Morgan fingerprint density at radius 1 is 1.24 bits per heavy atom. The van der Waals surface area contributed by atoms with E-state index in [1.54, 1.807) is 6.07 Å². The molecule has 2 rings (SSSR count). The van der Waals surface area contributed by atoms with E-state index in [0.717, 1.165) is 13.1 Å². The fourth-order valence-electron chi connectivity index (χ4n) is 1.79. The number of amides is 1. The Balaban J connectivity index is 0.000000450. The highest BCUT2D eigenvalue weighted by Crippen LogP contribution is 2.13. The summed E-state index contributed by atoms with van der Waals surface area (Å²) in [6, 6.07) is 11.1. The molecule has 0 fully saturated rings. The molecule has 0 bridgehead atoms. The second-order valence-electron chi connectivity index (χ2n) is 4.85. The molecular formula is C17H20FN2O4P. The zero-order valence-electron chi connectivity index (χ0n) is 13.7. The summed E-state index contributed by atoms with van der Waals surface area (Å²) < 4.78 is 23.8. The largest absolute Gasteiger partial charge is 0.591 e. The first-order valence-electron chi connectivity index (χ1n) is 7.61. The maximum Gasteiger partial charge on any atom is 0.348 e. The zero-order valence-corrected chi connectivity index (χ0v) is 14.6. The average Bonchev–Trinajstić information content (AvgIpc) is 2.60. The summed E-state index contributed by atoms with van der Waals surface area (Å²) in [5, 5.41) is 13.6. The Hall–Kier alpha value is -2.18. The van der Waals surface area contributed by atoms with Crippen molar-refractivity contribution in [3.8, 4) is 0 Å². The van der Waals surface area contributed by atoms with Crippen LogP contribution in [0.1, 0.15) is 17.3 Å². The van der Waals surface area contributed by atoms with Crippen molar-refractivity contribution >= 4 is 24.9 Å². The number of anilines is 1. The number of aliphatic hydroxyl groups excluding tert-OH is 1. The van der Waals surface area contributed by atoms with E-state index in [9.17, 15) is 18.6 Å². The first-order chi connectivity index (χ1) is 12.0. The van der Waals surface area contributed by atoms with Gasteiger partial charge in [-0.1, -0.05) is 23.6 Å². The third kappa shape index (κ3) is 7.96. The minimum Gasteiger partial charge on any atom is -0.591 e. The smallest absolute Gasteiger partial charge is 0.348 e. The van der Waals surface area contributed by atoms with E-state index < -0.39 is 19.8 Å². The lowest BCUT2D eigenvalue weighted by atomic mass is 10.2. The predicted octanol–water partition coefficient (Wildman–Crippen LogP) is 1.39. The molecule has 2 aromatic carbocycles. The van der Waals surface area contributed by atoms with Gasteiger partial charge in [0.25, 0.3) is 5.91 Å². The summed E-state index contributed by atoms with van der Waals surface area (Å²) in [4.78, 5) is 22.7. The first-order valence-corrected chi connectivity index (χ1v) is 8.78. The molecule has 1 unspecified atom stereocenters. The van der Waals surface area contributed by atoms with Crippen LogP contribution in [0.5, 0.6) is 0 Å². The summed E-state index contributed by atoms with van der Waals surface area (Å²) in [6.07, 6.45) is 0. The molecule has 0 saturated carbocycles. The Kier molecular flexibility index (Phi) is 9.50. The number of benzene rings is 2. The zero-order chi connectivity index (χ0) is 18.7. The molecule has 0 spiro atoms. The highest BCUT2D eigenvalue weighted by Gasteiger charge is 2.12. The van der Waals surface area contributed by atoms with Crippen molar-refractivity contribution < 1.29 is 23.7 Å². The maximum atomic E-state index is 13.0. The van der Waals surface area contributed by atoms with Crippen LogP contribution in [-0.2, 0) is 4.57 Å². The van der Waals surface area contributed by atoms with Crippen LogP contribution in [0.15, 0.2) is 48.5 Å². The highest BCUT2D eigenvalue weighted by molar-refractivity contribution is 7.45. The molecule has 0 radical (unpaired) electrons. The van der Waals surface area contributed by atoms with Crippen LogP contribution in [0.4, 0.5) is 10.1 Å². The van der Waals surface area contributed by atoms with E-state index in [1.807, 2.05) is 6.92 Å². The molecule has 1 amide bonds. The second kappa shape index (κ2) is 11.4. The topological polar surface area (TPSA) is 101 Å². The van der Waals surface area contributed by atoms with Gasteiger partial charge in [-0.2, -0.15) is 0 Å². The van der Waals surface area contributed by atoms with E-state index in [-0.39, 0.29) is 17.5 Å². The van der Waals surface area contributed by atoms with Crippen molar-refractivity contribution in [2.24, 2.45) is 0 Å². The van der Waals surface area contributed by atoms with Crippen LogP contribution in [0.25, 0.3) is 0 Å². The van der Waals surface area contributed by atoms with Crippen LogP contribution in [-0.4, -0.2) is 30.7 Å². The second-order valence-corrected chi connectivity index (χ2v) is 5.88. The summed E-state index contributed by atoms with van der Waals surface area (Å²) >= 11 is 0. The maximum absolute atomic E-state index is 13.0. The van der Waals surface area contributed by atoms with Crippen LogP contribution >= 0.6 is 8.03 Å². The van der Waals surface area contributed by atoms with Gasteiger partial charge in [-0.25, -0.2) is 4.39 Å². The van der Waals surface area contributed by atoms with Gasteiger partial charge >= 0.3 is 8.03 Å². The molecule has 0 aliphatic carbocycles. The fourth-order valence-corrected chi connectivity index (χ4v) is 2.24. The molecule has 0 saturated heterocycles. The lowest BCUT2D eigenvalue weighted by molar-refractivity contribution is -0.160. The normalized spacial score (nSPS) is 10.5. The number of aliphatic hydroxyl groups is 1. The monoisotopic (exact) mass is 366 g/mol. The minimum absolute atomic E-state index is 0.0573. The van der Waals surface area contributed by atoms with Crippen LogP contribution in [0.3, 0.4) is 0 Å². The molecule has 25 heavy (non-hydrogen) atoms. The molecule has 1 atom stereocenters. The molecular weight excluding hydrogens is 346 g/mol. The van der Waals surface area contributed by atoms with E-state index in [0.29, 0.717) is 5.69 Å². The molecule has 0 heterocycles. The SMILES string of the molecule is CCNCCO.O=C(Nc1cccc(F)c1)c1cccc([P+](=O)[O-])c1. The van der Waals surface area contributed by atoms with Gasteiger partial charge in [0.05, 0.1) is 6.61 Å². The molecule has 8 heteroatoms. The standard InChI is InChI=1S/C13H9FNO3P.C4H11NO/c14-10-4-2-5-11(8-10)15-13(16)9-3-1-6-12(7-9)19(17)18;1-2-5-3-4-6/h1-8H,(H,15,16);5-6H,2-4H2,1H3. The fraction of sp³-hybridized carbons (Fsp3) is 0.235. The van der Waals surface area contributed by atoms with E-state index >= 15 is 0 Å². The Labute approximate surface area is 146 Å². The molecule has 0 aliphatic heterocycles. The number of rotatable bonds is 6. The Morgan fingerprint density at radius 2 is 1.96 bits per heavy atom. The average molecular weight is 366 g/mol. The van der Waals surface area contributed by atoms with Gasteiger partial charge < -0.3 is 20.6 Å². The Morgan fingerprint density at radius 3 is 2.52 bits per heavy atom. The minimum atomic E-state index is -2.74. The van der Waals surface area contributed by atoms with Gasteiger partial charge in [0.15, 0.2) is 5.30 Å². The molecule has 3 N–H and O–H groups in total. The summed E-state index contributed by atoms with van der Waals surface area (Å²) in [5.74, 6) is -0.960. The third-order valence-corrected chi connectivity index (χ3v) is 3.64. The van der Waals surface area contributed by atoms with Crippen LogP contribution < -0.4 is 20.8 Å². The number of halogens is 1. The van der Waals surface area contributed by atoms with Gasteiger partial charge in [0.2, 0.25) is 0 Å². The van der Waals surface area contributed by atoms with Crippen molar-refractivity contribution in [1.82, 2.24) is 5.32 Å². The van der Waals surface area contributed by atoms with Crippen molar-refractivity contribution in [2.45, 2.75) is 6.92 Å². The molecule has 0 aliphatic rings. The quantitative estimate of drug-likeness (QED) is 0.530. The summed E-state index contributed by atoms with van der Waals surface area (Å²) in [6.45, 7) is 3.92. The van der Waals surface area contributed by atoms with Gasteiger partial charge in [-0.15, -0.1) is 0 Å². The van der Waals surface area contributed by atoms with Gasteiger partial charge in [0.1, 0.15) is 5.82 Å². The van der Waals surface area contributed by atoms with Crippen molar-refractivity contribution in [2.75, 3.05) is 25.0 Å². The lowest BCUT2D eigenvalue weighted by Crippen LogP contribution is -2.16. The van der Waals surface area contributed by atoms with Crippen LogP contribution in [0.2, 0.25) is 0 Å². The molecule has 134 valence electrons. The van der Waals surface area contributed by atoms with E-state index in [1.165, 1.54) is 42.5 Å². The number of carbonyl (C=O) groups excluding carboxylic acids is 1. The number of carbonyl (C=O) groups is 1. The number of hydrogen-bond donors (Lipinski definition) is 3. The van der Waals surface area contributed by atoms with Gasteiger partial charge in [-0.3, -0.25) is 4.79 Å². The van der Waals surface area contributed by atoms with Crippen molar-refractivity contribution in [3.63, 3.8) is 0 Å². The van der Waals surface area contributed by atoms with Crippen molar-refractivity contribution in [3.05, 3.63) is 59.9 Å². The van der Waals surface area contributed by atoms with Crippen molar-refractivity contribution in [1.29, 1.82) is 0 Å². The molecule has 6 nitrogen and oxygen atoms in total. The Bertz CT molecular complexity index is 709.